The van der Waals surface area contributed by atoms with Crippen molar-refractivity contribution in [3.8, 4) is 5.75 Å². The Balaban J connectivity index is 1.95. The average Bonchev–Trinajstić information content (AvgIpc) is 2.70. The number of fused-ring (bicyclic) bond motifs is 3. The van der Waals surface area contributed by atoms with Crippen molar-refractivity contribution in [2.45, 2.75) is 30.6 Å². The van der Waals surface area contributed by atoms with Crippen LogP contribution in [0.15, 0.2) is 23.5 Å². The van der Waals surface area contributed by atoms with Crippen molar-refractivity contribution < 1.29 is 34.8 Å². The molecule has 3 aliphatic rings. The quantitative estimate of drug-likeness (QED) is 0.369. The first-order valence-electron chi connectivity index (χ1n) is 10.7. The van der Waals surface area contributed by atoms with E-state index >= 15 is 0 Å². The van der Waals surface area contributed by atoms with Crippen LogP contribution in [-0.2, 0) is 16.0 Å². The summed E-state index contributed by atoms with van der Waals surface area (Å²) in [4.78, 5) is 42.2. The standard InChI is InChI=1S/C23H29N3O7/c1-25(2)12-5-6-13(27)15-10(12)7-9-8-11-17(26(3)4)19(29)16(22(24)32)21(31)23(11,33)20(30)14(9)18(15)28/h5-6,9,11,16-17,19,27,29-30,33H,7-8H2,1-4H3,(H2,24,32)/t9-,11-,16?,17-,19?,23-/m0/s1. The molecule has 0 aromatic heterocycles. The third-order valence-electron chi connectivity index (χ3n) is 7.43. The second kappa shape index (κ2) is 7.54. The van der Waals surface area contributed by atoms with Gasteiger partial charge >= 0.3 is 0 Å². The van der Waals surface area contributed by atoms with Crippen LogP contribution in [0.5, 0.6) is 5.75 Å². The van der Waals surface area contributed by atoms with Gasteiger partial charge in [0, 0.05) is 37.3 Å². The van der Waals surface area contributed by atoms with Gasteiger partial charge in [-0.2, -0.15) is 0 Å². The van der Waals surface area contributed by atoms with E-state index in [1.165, 1.54) is 6.07 Å². The minimum atomic E-state index is -2.57. The highest BCUT2D eigenvalue weighted by Crippen LogP contribution is 2.53. The number of Topliss-reactive ketones (excluding diaryl/α,β-unsaturated/α-hetero) is 2. The number of amides is 1. The van der Waals surface area contributed by atoms with E-state index in [2.05, 4.69) is 0 Å². The summed E-state index contributed by atoms with van der Waals surface area (Å²) in [6.45, 7) is 0. The summed E-state index contributed by atoms with van der Waals surface area (Å²) < 4.78 is 0. The first-order valence-corrected chi connectivity index (χ1v) is 10.7. The van der Waals surface area contributed by atoms with E-state index in [1.54, 1.807) is 25.1 Å². The normalized spacial score (nSPS) is 33.5. The summed E-state index contributed by atoms with van der Waals surface area (Å²) >= 11 is 0. The molecule has 0 spiro atoms. The first-order chi connectivity index (χ1) is 15.3. The summed E-state index contributed by atoms with van der Waals surface area (Å²) in [5, 5.41) is 44.1. The molecule has 10 nitrogen and oxygen atoms in total. The summed E-state index contributed by atoms with van der Waals surface area (Å²) in [7, 11) is 6.87. The van der Waals surface area contributed by atoms with E-state index in [0.717, 1.165) is 5.69 Å². The second-order valence-corrected chi connectivity index (χ2v) is 9.64. The molecular formula is C23H29N3O7. The zero-order chi connectivity index (χ0) is 24.6. The predicted molar refractivity (Wildman–Crippen MR) is 118 cm³/mol. The van der Waals surface area contributed by atoms with Crippen LogP contribution in [0.25, 0.3) is 0 Å². The van der Waals surface area contributed by atoms with Gasteiger partial charge in [0.05, 0.1) is 11.7 Å². The number of anilines is 1. The molecule has 178 valence electrons. The van der Waals surface area contributed by atoms with Gasteiger partial charge in [0.25, 0.3) is 0 Å². The average molecular weight is 459 g/mol. The van der Waals surface area contributed by atoms with Gasteiger partial charge in [-0.25, -0.2) is 0 Å². The maximum atomic E-state index is 13.5. The largest absolute Gasteiger partial charge is 0.508 e. The maximum Gasteiger partial charge on any atom is 0.230 e. The topological polar surface area (TPSA) is 165 Å². The molecule has 1 aromatic rings. The lowest BCUT2D eigenvalue weighted by molar-refractivity contribution is -0.178. The number of carbonyl (C=O) groups excluding carboxylic acids is 3. The van der Waals surface area contributed by atoms with Crippen LogP contribution in [-0.4, -0.2) is 88.7 Å². The molecule has 0 aliphatic heterocycles. The van der Waals surface area contributed by atoms with Crippen LogP contribution in [0, 0.1) is 17.8 Å². The number of nitrogens with zero attached hydrogens (tertiary/aromatic N) is 2. The third-order valence-corrected chi connectivity index (χ3v) is 7.43. The van der Waals surface area contributed by atoms with E-state index < -0.39 is 58.7 Å². The van der Waals surface area contributed by atoms with Crippen molar-refractivity contribution in [1.29, 1.82) is 0 Å². The van der Waals surface area contributed by atoms with Crippen LogP contribution >= 0.6 is 0 Å². The van der Waals surface area contributed by atoms with Crippen molar-refractivity contribution in [1.82, 2.24) is 4.90 Å². The van der Waals surface area contributed by atoms with Gasteiger partial charge in [0.2, 0.25) is 5.91 Å². The number of likely N-dealkylation sites (N-methyl/N-ethyl adjacent to an activating group) is 1. The van der Waals surface area contributed by atoms with Crippen LogP contribution in [0.3, 0.4) is 0 Å². The van der Waals surface area contributed by atoms with E-state index in [0.29, 0.717) is 5.56 Å². The number of allylic oxidation sites excluding steroid dienone is 1. The highest BCUT2D eigenvalue weighted by molar-refractivity contribution is 6.16. The molecule has 1 saturated carbocycles. The van der Waals surface area contributed by atoms with Gasteiger partial charge in [-0.15, -0.1) is 0 Å². The molecule has 0 radical (unpaired) electrons. The van der Waals surface area contributed by atoms with Crippen molar-refractivity contribution >= 4 is 23.2 Å². The molecule has 0 heterocycles. The van der Waals surface area contributed by atoms with Gasteiger partial charge in [0.1, 0.15) is 17.4 Å². The monoisotopic (exact) mass is 459 g/mol. The summed E-state index contributed by atoms with van der Waals surface area (Å²) in [6, 6.07) is 2.20. The molecule has 1 amide bonds. The highest BCUT2D eigenvalue weighted by Gasteiger charge is 2.66. The van der Waals surface area contributed by atoms with Crippen molar-refractivity contribution in [3.63, 3.8) is 0 Å². The number of rotatable bonds is 3. The van der Waals surface area contributed by atoms with E-state index in [4.69, 9.17) is 5.73 Å². The molecule has 2 unspecified atom stereocenters. The number of aromatic hydroxyl groups is 1. The second-order valence-electron chi connectivity index (χ2n) is 9.64. The minimum absolute atomic E-state index is 0.0138. The maximum absolute atomic E-state index is 13.5. The summed E-state index contributed by atoms with van der Waals surface area (Å²) in [6.07, 6.45) is -1.11. The van der Waals surface area contributed by atoms with Gasteiger partial charge in [-0.05, 0) is 50.6 Å². The Morgan fingerprint density at radius 2 is 1.79 bits per heavy atom. The highest BCUT2D eigenvalue weighted by atomic mass is 16.3. The Kier molecular flexibility index (Phi) is 5.31. The third kappa shape index (κ3) is 3.01. The molecule has 1 aromatic carbocycles. The first kappa shape index (κ1) is 23.2. The number of benzene rings is 1. The Hall–Kier alpha value is -2.95. The lowest BCUT2D eigenvalue weighted by Crippen LogP contribution is -2.71. The number of primary amides is 1. The molecule has 4 rings (SSSR count). The number of carbonyl (C=O) groups is 3. The lowest BCUT2D eigenvalue weighted by atomic mass is 9.56. The molecule has 6 N–H and O–H groups in total. The van der Waals surface area contributed by atoms with E-state index in [1.807, 2.05) is 19.0 Å². The number of nitrogens with two attached hydrogens (primary N) is 1. The van der Waals surface area contributed by atoms with Crippen molar-refractivity contribution in [3.05, 3.63) is 34.6 Å². The number of aliphatic hydroxyl groups is 3. The SMILES string of the molecule is CN(C)c1ccc(O)c2c1C[C@H]1C[C@H]3[C@H](N(C)C)C(O)C(C(N)=O)C(=O)[C@@]3(O)C(O)=C1C2=O. The van der Waals surface area contributed by atoms with Gasteiger partial charge in [-0.3, -0.25) is 14.4 Å². The summed E-state index contributed by atoms with van der Waals surface area (Å²) in [5.74, 6) is -7.33. The Morgan fingerprint density at radius 3 is 2.33 bits per heavy atom. The molecule has 3 aliphatic carbocycles. The fourth-order valence-corrected chi connectivity index (χ4v) is 6.01. The van der Waals surface area contributed by atoms with Gasteiger partial charge in [0.15, 0.2) is 17.2 Å². The molecule has 6 atom stereocenters. The predicted octanol–water partition coefficient (Wildman–Crippen LogP) is -0.648. The number of hydrogen-bond donors (Lipinski definition) is 5. The van der Waals surface area contributed by atoms with Crippen LogP contribution in [0.1, 0.15) is 22.3 Å². The minimum Gasteiger partial charge on any atom is -0.508 e. The molecule has 10 heteroatoms. The van der Waals surface area contributed by atoms with E-state index in [9.17, 15) is 34.8 Å². The van der Waals surface area contributed by atoms with E-state index in [-0.39, 0.29) is 29.7 Å². The van der Waals surface area contributed by atoms with Crippen molar-refractivity contribution in [2.75, 3.05) is 33.1 Å². The fourth-order valence-electron chi connectivity index (χ4n) is 6.01. The number of hydrogen-bond acceptors (Lipinski definition) is 9. The Morgan fingerprint density at radius 1 is 1.15 bits per heavy atom. The zero-order valence-corrected chi connectivity index (χ0v) is 18.9. The van der Waals surface area contributed by atoms with Crippen LogP contribution < -0.4 is 10.6 Å². The fraction of sp³-hybridized carbons (Fsp3) is 0.522. The Labute approximate surface area is 190 Å². The Bertz CT molecular complexity index is 1100. The van der Waals surface area contributed by atoms with Gasteiger partial charge < -0.3 is 36.0 Å². The van der Waals surface area contributed by atoms with Crippen molar-refractivity contribution in [2.24, 2.45) is 23.5 Å². The number of ketones is 2. The number of aliphatic hydroxyl groups excluding tert-OH is 2. The van der Waals surface area contributed by atoms with Crippen LogP contribution in [0.2, 0.25) is 0 Å². The summed E-state index contributed by atoms with van der Waals surface area (Å²) in [5.41, 5.74) is 4.00. The lowest BCUT2D eigenvalue weighted by Gasteiger charge is -2.53. The molecular weight excluding hydrogens is 430 g/mol. The van der Waals surface area contributed by atoms with Gasteiger partial charge in [-0.1, -0.05) is 0 Å². The smallest absolute Gasteiger partial charge is 0.230 e. The number of phenols is 1. The molecule has 1 fully saturated rings. The van der Waals surface area contributed by atoms with Crippen LogP contribution in [0.4, 0.5) is 5.69 Å². The molecule has 33 heavy (non-hydrogen) atoms. The molecule has 0 bridgehead atoms. The zero-order valence-electron chi connectivity index (χ0n) is 18.9. The number of phenolic OH excluding ortho intramolecular Hbond substituents is 1. The molecule has 0 saturated heterocycles.